The highest BCUT2D eigenvalue weighted by molar-refractivity contribution is 9.10. The number of likely N-dealkylation sites (tertiary alicyclic amines) is 1. The average molecular weight is 584 g/mol. The van der Waals surface area contributed by atoms with E-state index < -0.39 is 15.8 Å². The topological polar surface area (TPSA) is 85.4 Å². The van der Waals surface area contributed by atoms with E-state index in [1.54, 1.807) is 17.0 Å². The van der Waals surface area contributed by atoms with Crippen LogP contribution >= 0.6 is 27.7 Å². The number of amides is 1. The van der Waals surface area contributed by atoms with Crippen LogP contribution in [0.3, 0.4) is 0 Å². The molecule has 3 saturated heterocycles. The number of hydrogen-bond donors (Lipinski definition) is 0. The molecule has 35 heavy (non-hydrogen) atoms. The SMILES string of the molecule is O=C(c1cc(S(=O)(=O)N2CCOCC2)ccc1Sc1ccc(Br)cc1)N1CCC2(CC1)OCCO2. The highest BCUT2D eigenvalue weighted by atomic mass is 79.9. The summed E-state index contributed by atoms with van der Waals surface area (Å²) in [4.78, 5) is 17.3. The van der Waals surface area contributed by atoms with E-state index in [4.69, 9.17) is 14.2 Å². The van der Waals surface area contributed by atoms with E-state index in [1.165, 1.54) is 22.1 Å². The highest BCUT2D eigenvalue weighted by Crippen LogP contribution is 2.36. The molecule has 0 radical (unpaired) electrons. The highest BCUT2D eigenvalue weighted by Gasteiger charge is 2.41. The summed E-state index contributed by atoms with van der Waals surface area (Å²) < 4.78 is 45.9. The van der Waals surface area contributed by atoms with Crippen LogP contribution in [0, 0.1) is 0 Å². The molecule has 2 aromatic rings. The number of sulfonamides is 1. The van der Waals surface area contributed by atoms with Crippen LogP contribution in [0.5, 0.6) is 0 Å². The Labute approximate surface area is 218 Å². The molecule has 0 bridgehead atoms. The zero-order chi connectivity index (χ0) is 24.5. The van der Waals surface area contributed by atoms with Gasteiger partial charge in [0.1, 0.15) is 0 Å². The zero-order valence-electron chi connectivity index (χ0n) is 19.2. The van der Waals surface area contributed by atoms with Gasteiger partial charge in [0.15, 0.2) is 5.79 Å². The second-order valence-electron chi connectivity index (χ2n) is 8.63. The Kier molecular flexibility index (Phi) is 7.55. The van der Waals surface area contributed by atoms with Gasteiger partial charge < -0.3 is 19.1 Å². The van der Waals surface area contributed by atoms with Crippen LogP contribution in [0.25, 0.3) is 0 Å². The number of ether oxygens (including phenoxy) is 3. The smallest absolute Gasteiger partial charge is 0.255 e. The molecule has 2 aromatic carbocycles. The van der Waals surface area contributed by atoms with Gasteiger partial charge in [0.2, 0.25) is 10.0 Å². The quantitative estimate of drug-likeness (QED) is 0.532. The molecular formula is C24H27BrN2O6S2. The van der Waals surface area contributed by atoms with Crippen LogP contribution < -0.4 is 0 Å². The number of piperidine rings is 1. The maximum atomic E-state index is 13.7. The van der Waals surface area contributed by atoms with E-state index in [0.717, 1.165) is 9.37 Å². The van der Waals surface area contributed by atoms with Gasteiger partial charge in [-0.2, -0.15) is 4.31 Å². The number of halogens is 1. The minimum absolute atomic E-state index is 0.124. The van der Waals surface area contributed by atoms with E-state index >= 15 is 0 Å². The Hall–Kier alpha value is -1.47. The number of nitrogens with zero attached hydrogens (tertiary/aromatic N) is 2. The first-order valence-corrected chi connectivity index (χ1v) is 14.6. The lowest BCUT2D eigenvalue weighted by Crippen LogP contribution is -2.47. The molecule has 8 nitrogen and oxygen atoms in total. The molecule has 3 fully saturated rings. The minimum Gasteiger partial charge on any atom is -0.379 e. The fraction of sp³-hybridized carbons (Fsp3) is 0.458. The molecular weight excluding hydrogens is 556 g/mol. The maximum Gasteiger partial charge on any atom is 0.255 e. The molecule has 1 spiro atoms. The van der Waals surface area contributed by atoms with Gasteiger partial charge in [0.25, 0.3) is 5.91 Å². The van der Waals surface area contributed by atoms with E-state index in [9.17, 15) is 13.2 Å². The third kappa shape index (κ3) is 5.46. The molecule has 3 aliphatic heterocycles. The summed E-state index contributed by atoms with van der Waals surface area (Å²) in [6, 6.07) is 12.7. The Bertz CT molecular complexity index is 1170. The van der Waals surface area contributed by atoms with Crippen molar-refractivity contribution in [1.29, 1.82) is 0 Å². The molecule has 0 atom stereocenters. The van der Waals surface area contributed by atoms with Crippen molar-refractivity contribution >= 4 is 43.6 Å². The summed E-state index contributed by atoms with van der Waals surface area (Å²) in [7, 11) is -3.74. The number of hydrogen-bond acceptors (Lipinski definition) is 7. The van der Waals surface area contributed by atoms with Crippen LogP contribution in [0.15, 0.2) is 61.6 Å². The first kappa shape index (κ1) is 25.2. The molecule has 0 aromatic heterocycles. The normalized spacial score (nSPS) is 20.9. The lowest BCUT2D eigenvalue weighted by atomic mass is 10.0. The lowest BCUT2D eigenvalue weighted by molar-refractivity contribution is -0.181. The monoisotopic (exact) mass is 582 g/mol. The van der Waals surface area contributed by atoms with E-state index in [2.05, 4.69) is 15.9 Å². The van der Waals surface area contributed by atoms with Crippen molar-refractivity contribution in [3.8, 4) is 0 Å². The molecule has 3 aliphatic rings. The Balaban J connectivity index is 1.45. The third-order valence-electron chi connectivity index (χ3n) is 6.46. The zero-order valence-corrected chi connectivity index (χ0v) is 22.4. The first-order valence-electron chi connectivity index (χ1n) is 11.6. The largest absolute Gasteiger partial charge is 0.379 e. The Morgan fingerprint density at radius 1 is 0.914 bits per heavy atom. The van der Waals surface area contributed by atoms with Crippen molar-refractivity contribution in [3.05, 3.63) is 52.5 Å². The van der Waals surface area contributed by atoms with Gasteiger partial charge in [-0.15, -0.1) is 0 Å². The third-order valence-corrected chi connectivity index (χ3v) is 9.96. The number of carbonyl (C=O) groups is 1. The molecule has 3 heterocycles. The van der Waals surface area contributed by atoms with Gasteiger partial charge in [0.05, 0.1) is 36.9 Å². The van der Waals surface area contributed by atoms with Gasteiger partial charge >= 0.3 is 0 Å². The molecule has 11 heteroatoms. The van der Waals surface area contributed by atoms with Crippen LogP contribution in [-0.4, -0.2) is 81.9 Å². The van der Waals surface area contributed by atoms with Crippen molar-refractivity contribution in [1.82, 2.24) is 9.21 Å². The van der Waals surface area contributed by atoms with E-state index in [-0.39, 0.29) is 10.8 Å². The summed E-state index contributed by atoms with van der Waals surface area (Å²) in [5.74, 6) is -0.774. The van der Waals surface area contributed by atoms with Crippen molar-refractivity contribution in [2.75, 3.05) is 52.6 Å². The van der Waals surface area contributed by atoms with Crippen LogP contribution in [-0.2, 0) is 24.2 Å². The number of carbonyl (C=O) groups excluding carboxylic acids is 1. The number of rotatable bonds is 5. The van der Waals surface area contributed by atoms with Crippen molar-refractivity contribution < 1.29 is 27.4 Å². The molecule has 5 rings (SSSR count). The molecule has 0 N–H and O–H groups in total. The maximum absolute atomic E-state index is 13.7. The van der Waals surface area contributed by atoms with Crippen LogP contribution in [0.2, 0.25) is 0 Å². The summed E-state index contributed by atoms with van der Waals surface area (Å²) in [6.07, 6.45) is 1.19. The second kappa shape index (κ2) is 10.5. The fourth-order valence-electron chi connectivity index (χ4n) is 4.50. The Morgan fingerprint density at radius 2 is 1.57 bits per heavy atom. The van der Waals surface area contributed by atoms with Gasteiger partial charge in [-0.25, -0.2) is 8.42 Å². The summed E-state index contributed by atoms with van der Waals surface area (Å²) in [5, 5.41) is 0. The standard InChI is InChI=1S/C24H27BrN2O6S2/c25-18-1-3-19(4-2-18)34-22-6-5-20(35(29,30)27-11-13-31-14-12-27)17-21(22)23(28)26-9-7-24(8-10-26)32-15-16-33-24/h1-6,17H,7-16H2. The summed E-state index contributed by atoms with van der Waals surface area (Å²) in [5.41, 5.74) is 0.386. The lowest BCUT2D eigenvalue weighted by Gasteiger charge is -2.37. The first-order chi connectivity index (χ1) is 16.9. The van der Waals surface area contributed by atoms with Crippen molar-refractivity contribution in [3.63, 3.8) is 0 Å². The molecule has 0 unspecified atom stereocenters. The average Bonchev–Trinajstić information content (AvgIpc) is 3.34. The molecule has 188 valence electrons. The van der Waals surface area contributed by atoms with Crippen molar-refractivity contribution in [2.45, 2.75) is 33.3 Å². The van der Waals surface area contributed by atoms with Crippen LogP contribution in [0.1, 0.15) is 23.2 Å². The Morgan fingerprint density at radius 3 is 2.23 bits per heavy atom. The van der Waals surface area contributed by atoms with Gasteiger partial charge in [-0.05, 0) is 42.5 Å². The molecule has 0 aliphatic carbocycles. The predicted octanol–water partition coefficient (Wildman–Crippen LogP) is 3.60. The number of morpholine rings is 1. The van der Waals surface area contributed by atoms with E-state index in [1.807, 2.05) is 24.3 Å². The second-order valence-corrected chi connectivity index (χ2v) is 12.6. The van der Waals surface area contributed by atoms with Gasteiger partial charge in [-0.3, -0.25) is 4.79 Å². The molecule has 0 saturated carbocycles. The number of benzene rings is 2. The van der Waals surface area contributed by atoms with Gasteiger partial charge in [0, 0.05) is 53.3 Å². The van der Waals surface area contributed by atoms with Crippen LogP contribution in [0.4, 0.5) is 0 Å². The summed E-state index contributed by atoms with van der Waals surface area (Å²) in [6.45, 7) is 3.45. The fourth-order valence-corrected chi connectivity index (χ4v) is 7.12. The minimum atomic E-state index is -3.74. The predicted molar refractivity (Wildman–Crippen MR) is 134 cm³/mol. The van der Waals surface area contributed by atoms with Gasteiger partial charge in [-0.1, -0.05) is 27.7 Å². The molecule has 1 amide bonds. The van der Waals surface area contributed by atoms with Crippen molar-refractivity contribution in [2.24, 2.45) is 0 Å². The van der Waals surface area contributed by atoms with E-state index in [0.29, 0.717) is 75.9 Å². The summed E-state index contributed by atoms with van der Waals surface area (Å²) >= 11 is 4.89.